The molecule has 0 aliphatic carbocycles. The normalized spacial score (nSPS) is 13.9. The Kier molecular flexibility index (Phi) is 6.57. The predicted octanol–water partition coefficient (Wildman–Crippen LogP) is 1.31. The molecule has 2 N–H and O–H groups in total. The van der Waals surface area contributed by atoms with Crippen molar-refractivity contribution in [3.63, 3.8) is 0 Å². The monoisotopic (exact) mass is 158 g/mol. The van der Waals surface area contributed by atoms with E-state index in [1.807, 2.05) is 0 Å². The van der Waals surface area contributed by atoms with E-state index in [9.17, 15) is 0 Å². The molecule has 0 saturated carbocycles. The van der Waals surface area contributed by atoms with Crippen LogP contribution in [0.1, 0.15) is 26.7 Å². The fraction of sp³-hybridized carbons (Fsp3) is 1.00. The molecule has 11 heavy (non-hydrogen) atoms. The van der Waals surface area contributed by atoms with E-state index >= 15 is 0 Å². The van der Waals surface area contributed by atoms with Crippen molar-refractivity contribution in [2.24, 2.45) is 11.7 Å². The maximum absolute atomic E-state index is 5.41. The third kappa shape index (κ3) is 6.32. The van der Waals surface area contributed by atoms with Crippen LogP contribution < -0.4 is 5.73 Å². The highest BCUT2D eigenvalue weighted by atomic mass is 15.1. The quantitative estimate of drug-likeness (QED) is 0.631. The van der Waals surface area contributed by atoms with Crippen LogP contribution in [-0.2, 0) is 0 Å². The summed E-state index contributed by atoms with van der Waals surface area (Å²) < 4.78 is 0. The molecule has 0 radical (unpaired) electrons. The number of nitrogens with zero attached hydrogens (tertiary/aromatic N) is 1. The molecule has 0 fully saturated rings. The molecular formula is C9H22N2. The highest BCUT2D eigenvalue weighted by molar-refractivity contribution is 4.57. The summed E-state index contributed by atoms with van der Waals surface area (Å²) in [6.07, 6.45) is 2.39. The van der Waals surface area contributed by atoms with Gasteiger partial charge in [-0.3, -0.25) is 0 Å². The maximum Gasteiger partial charge on any atom is 0.000388 e. The summed E-state index contributed by atoms with van der Waals surface area (Å²) in [4.78, 5) is 2.36. The van der Waals surface area contributed by atoms with Gasteiger partial charge in [0, 0.05) is 6.54 Å². The first-order chi connectivity index (χ1) is 5.20. The van der Waals surface area contributed by atoms with Crippen molar-refractivity contribution in [3.05, 3.63) is 0 Å². The van der Waals surface area contributed by atoms with Crippen molar-refractivity contribution in [3.8, 4) is 0 Å². The lowest BCUT2D eigenvalue weighted by atomic mass is 10.1. The average Bonchev–Trinajstić information content (AvgIpc) is 2.00. The van der Waals surface area contributed by atoms with E-state index in [1.165, 1.54) is 13.0 Å². The Hall–Kier alpha value is -0.0800. The van der Waals surface area contributed by atoms with E-state index < -0.39 is 0 Å². The highest BCUT2D eigenvalue weighted by Gasteiger charge is 2.02. The summed E-state index contributed by atoms with van der Waals surface area (Å²) in [6.45, 7) is 7.68. The molecule has 0 spiro atoms. The Balaban J connectivity index is 3.27. The van der Waals surface area contributed by atoms with Crippen LogP contribution in [0, 0.1) is 5.92 Å². The minimum atomic E-state index is 0.810. The Morgan fingerprint density at radius 3 is 2.55 bits per heavy atom. The second kappa shape index (κ2) is 6.62. The van der Waals surface area contributed by atoms with Crippen LogP contribution in [0.2, 0.25) is 0 Å². The fourth-order valence-electron chi connectivity index (χ4n) is 1.11. The summed E-state index contributed by atoms with van der Waals surface area (Å²) in [5.74, 6) is 0.817. The van der Waals surface area contributed by atoms with E-state index in [2.05, 4.69) is 25.8 Å². The molecule has 0 aliphatic rings. The predicted molar refractivity (Wildman–Crippen MR) is 50.6 cm³/mol. The van der Waals surface area contributed by atoms with Gasteiger partial charge >= 0.3 is 0 Å². The Bertz CT molecular complexity index is 83.6. The number of nitrogens with two attached hydrogens (primary N) is 1. The zero-order valence-electron chi connectivity index (χ0n) is 8.14. The molecule has 0 aliphatic heterocycles. The van der Waals surface area contributed by atoms with Gasteiger partial charge < -0.3 is 10.6 Å². The second-order valence-corrected chi connectivity index (χ2v) is 3.42. The Morgan fingerprint density at radius 1 is 1.45 bits per heavy atom. The number of hydrogen-bond donors (Lipinski definition) is 1. The third-order valence-corrected chi connectivity index (χ3v) is 2.06. The first-order valence-electron chi connectivity index (χ1n) is 4.59. The summed E-state index contributed by atoms with van der Waals surface area (Å²) >= 11 is 0. The minimum absolute atomic E-state index is 0.810. The lowest BCUT2D eigenvalue weighted by Crippen LogP contribution is -2.26. The topological polar surface area (TPSA) is 29.3 Å². The molecule has 0 rings (SSSR count). The van der Waals surface area contributed by atoms with E-state index in [0.717, 1.165) is 25.4 Å². The molecule has 1 unspecified atom stereocenters. The zero-order chi connectivity index (χ0) is 8.69. The van der Waals surface area contributed by atoms with Crippen LogP contribution in [-0.4, -0.2) is 31.6 Å². The van der Waals surface area contributed by atoms with E-state index in [4.69, 9.17) is 5.73 Å². The summed E-state index contributed by atoms with van der Waals surface area (Å²) in [5, 5.41) is 0. The van der Waals surface area contributed by atoms with Crippen molar-refractivity contribution in [1.82, 2.24) is 4.90 Å². The molecule has 68 valence electrons. The van der Waals surface area contributed by atoms with Gasteiger partial charge in [0.15, 0.2) is 0 Å². The fourth-order valence-corrected chi connectivity index (χ4v) is 1.11. The number of rotatable bonds is 6. The summed E-state index contributed by atoms with van der Waals surface area (Å²) in [5.41, 5.74) is 5.41. The van der Waals surface area contributed by atoms with Gasteiger partial charge in [-0.05, 0) is 32.5 Å². The summed E-state index contributed by atoms with van der Waals surface area (Å²) in [6, 6.07) is 0. The van der Waals surface area contributed by atoms with Crippen molar-refractivity contribution < 1.29 is 0 Å². The van der Waals surface area contributed by atoms with Gasteiger partial charge in [0.2, 0.25) is 0 Å². The first kappa shape index (κ1) is 10.9. The van der Waals surface area contributed by atoms with E-state index in [-0.39, 0.29) is 0 Å². The molecule has 2 heteroatoms. The lowest BCUT2D eigenvalue weighted by molar-refractivity contribution is 0.280. The van der Waals surface area contributed by atoms with Crippen molar-refractivity contribution in [1.29, 1.82) is 0 Å². The van der Waals surface area contributed by atoms with Crippen LogP contribution >= 0.6 is 0 Å². The Labute approximate surface area is 70.8 Å². The second-order valence-electron chi connectivity index (χ2n) is 3.42. The number of hydrogen-bond acceptors (Lipinski definition) is 2. The molecule has 0 bridgehead atoms. The molecule has 0 aromatic carbocycles. The minimum Gasteiger partial charge on any atom is -0.330 e. The molecule has 0 aromatic heterocycles. The third-order valence-electron chi connectivity index (χ3n) is 2.06. The lowest BCUT2D eigenvalue weighted by Gasteiger charge is -2.19. The zero-order valence-corrected chi connectivity index (χ0v) is 8.14. The maximum atomic E-state index is 5.41. The first-order valence-corrected chi connectivity index (χ1v) is 4.59. The SMILES string of the molecule is CCC(C)CN(C)CCCN. The van der Waals surface area contributed by atoms with Crippen LogP contribution in [0.15, 0.2) is 0 Å². The van der Waals surface area contributed by atoms with Gasteiger partial charge in [-0.1, -0.05) is 20.3 Å². The molecule has 1 atom stereocenters. The van der Waals surface area contributed by atoms with Gasteiger partial charge in [0.25, 0.3) is 0 Å². The standard InChI is InChI=1S/C9H22N2/c1-4-9(2)8-11(3)7-5-6-10/h9H,4-8,10H2,1-3H3. The largest absolute Gasteiger partial charge is 0.330 e. The van der Waals surface area contributed by atoms with Crippen molar-refractivity contribution in [2.45, 2.75) is 26.7 Å². The molecule has 0 saturated heterocycles. The summed E-state index contributed by atoms with van der Waals surface area (Å²) in [7, 11) is 2.17. The van der Waals surface area contributed by atoms with Crippen LogP contribution in [0.5, 0.6) is 0 Å². The van der Waals surface area contributed by atoms with E-state index in [1.54, 1.807) is 0 Å². The Morgan fingerprint density at radius 2 is 2.09 bits per heavy atom. The van der Waals surface area contributed by atoms with Crippen LogP contribution in [0.4, 0.5) is 0 Å². The van der Waals surface area contributed by atoms with Gasteiger partial charge in [-0.25, -0.2) is 0 Å². The van der Waals surface area contributed by atoms with Gasteiger partial charge in [-0.2, -0.15) is 0 Å². The van der Waals surface area contributed by atoms with Crippen molar-refractivity contribution in [2.75, 3.05) is 26.7 Å². The average molecular weight is 158 g/mol. The van der Waals surface area contributed by atoms with E-state index in [0.29, 0.717) is 0 Å². The molecule has 0 aromatic rings. The van der Waals surface area contributed by atoms with Crippen LogP contribution in [0.25, 0.3) is 0 Å². The molecule has 0 amide bonds. The molecule has 0 heterocycles. The smallest absolute Gasteiger partial charge is 0.000388 e. The van der Waals surface area contributed by atoms with Gasteiger partial charge in [0.05, 0.1) is 0 Å². The van der Waals surface area contributed by atoms with Gasteiger partial charge in [-0.15, -0.1) is 0 Å². The molecular weight excluding hydrogens is 136 g/mol. The van der Waals surface area contributed by atoms with Gasteiger partial charge in [0.1, 0.15) is 0 Å². The highest BCUT2D eigenvalue weighted by Crippen LogP contribution is 2.02. The molecule has 2 nitrogen and oxygen atoms in total. The van der Waals surface area contributed by atoms with Crippen LogP contribution in [0.3, 0.4) is 0 Å². The van der Waals surface area contributed by atoms with Crippen molar-refractivity contribution >= 4 is 0 Å².